The minimum Gasteiger partial charge on any atom is -0.493 e. The molecule has 0 aliphatic heterocycles. The molecule has 0 radical (unpaired) electrons. The van der Waals surface area contributed by atoms with Crippen LogP contribution < -0.4 is 14.8 Å². The van der Waals surface area contributed by atoms with Crippen molar-refractivity contribution in [2.75, 3.05) is 20.8 Å². The summed E-state index contributed by atoms with van der Waals surface area (Å²) in [6.07, 6.45) is 1.72. The molecule has 1 atom stereocenters. The molecule has 20 heavy (non-hydrogen) atoms. The van der Waals surface area contributed by atoms with E-state index in [4.69, 9.17) is 14.6 Å². The Bertz CT molecular complexity index is 430. The number of hydrogen-bond donors (Lipinski definition) is 2. The summed E-state index contributed by atoms with van der Waals surface area (Å²) in [4.78, 5) is 11.7. The third kappa shape index (κ3) is 4.74. The summed E-state index contributed by atoms with van der Waals surface area (Å²) in [5.74, 6) is 1.28. The van der Waals surface area contributed by atoms with Gasteiger partial charge in [-0.3, -0.25) is 4.79 Å². The molecule has 1 aromatic rings. The molecule has 1 unspecified atom stereocenters. The maximum atomic E-state index is 11.7. The van der Waals surface area contributed by atoms with Crippen LogP contribution in [0.5, 0.6) is 11.5 Å². The lowest BCUT2D eigenvalue weighted by molar-refractivity contribution is -0.122. The zero-order valence-corrected chi connectivity index (χ0v) is 12.3. The van der Waals surface area contributed by atoms with Crippen molar-refractivity contribution in [1.82, 2.24) is 5.32 Å². The molecule has 1 rings (SSSR count). The number of rotatable bonds is 8. The number of hydrogen-bond acceptors (Lipinski definition) is 4. The lowest BCUT2D eigenvalue weighted by atomic mass is 10.1. The minimum absolute atomic E-state index is 0.0292. The van der Waals surface area contributed by atoms with Crippen molar-refractivity contribution < 1.29 is 19.4 Å². The Balaban J connectivity index is 2.55. The molecule has 0 aliphatic rings. The van der Waals surface area contributed by atoms with Crippen LogP contribution >= 0.6 is 0 Å². The Kier molecular flexibility index (Phi) is 6.87. The molecule has 0 aliphatic carbocycles. The molecule has 0 saturated carbocycles. The van der Waals surface area contributed by atoms with Crippen LogP contribution in [-0.4, -0.2) is 37.9 Å². The molecule has 0 heterocycles. The normalized spacial score (nSPS) is 11.8. The highest BCUT2D eigenvalue weighted by atomic mass is 16.5. The highest BCUT2D eigenvalue weighted by molar-refractivity contribution is 5.76. The third-order valence-corrected chi connectivity index (χ3v) is 3.17. The van der Waals surface area contributed by atoms with Crippen molar-refractivity contribution in [2.45, 2.75) is 32.2 Å². The SMILES string of the molecule is CCC(CO)NC(=O)CCc1ccc(OC)c(OC)c1. The van der Waals surface area contributed by atoms with E-state index in [1.165, 1.54) is 0 Å². The Morgan fingerprint density at radius 1 is 1.30 bits per heavy atom. The molecule has 0 spiro atoms. The van der Waals surface area contributed by atoms with Crippen molar-refractivity contribution in [3.05, 3.63) is 23.8 Å². The first-order valence-corrected chi connectivity index (χ1v) is 6.75. The van der Waals surface area contributed by atoms with Gasteiger partial charge in [0.1, 0.15) is 0 Å². The summed E-state index contributed by atoms with van der Waals surface area (Å²) in [5.41, 5.74) is 1.01. The van der Waals surface area contributed by atoms with Gasteiger partial charge in [0, 0.05) is 6.42 Å². The fourth-order valence-corrected chi connectivity index (χ4v) is 1.87. The largest absolute Gasteiger partial charge is 0.493 e. The first-order valence-electron chi connectivity index (χ1n) is 6.75. The van der Waals surface area contributed by atoms with Crippen LogP contribution in [0.4, 0.5) is 0 Å². The van der Waals surface area contributed by atoms with Crippen LogP contribution in [0.25, 0.3) is 0 Å². The van der Waals surface area contributed by atoms with Crippen LogP contribution in [0.2, 0.25) is 0 Å². The summed E-state index contributed by atoms with van der Waals surface area (Å²) in [6.45, 7) is 1.90. The second kappa shape index (κ2) is 8.43. The topological polar surface area (TPSA) is 67.8 Å². The number of nitrogens with one attached hydrogen (secondary N) is 1. The van der Waals surface area contributed by atoms with E-state index in [0.717, 1.165) is 12.0 Å². The third-order valence-electron chi connectivity index (χ3n) is 3.17. The number of aliphatic hydroxyl groups is 1. The van der Waals surface area contributed by atoms with Gasteiger partial charge in [-0.2, -0.15) is 0 Å². The van der Waals surface area contributed by atoms with E-state index in [2.05, 4.69) is 5.32 Å². The van der Waals surface area contributed by atoms with Crippen molar-refractivity contribution in [2.24, 2.45) is 0 Å². The molecular weight excluding hydrogens is 258 g/mol. The van der Waals surface area contributed by atoms with Gasteiger partial charge in [-0.15, -0.1) is 0 Å². The predicted molar refractivity (Wildman–Crippen MR) is 77.2 cm³/mol. The second-order valence-corrected chi connectivity index (χ2v) is 4.54. The Morgan fingerprint density at radius 3 is 2.55 bits per heavy atom. The number of carbonyl (C=O) groups is 1. The van der Waals surface area contributed by atoms with E-state index >= 15 is 0 Å². The zero-order valence-electron chi connectivity index (χ0n) is 12.3. The van der Waals surface area contributed by atoms with Gasteiger partial charge < -0.3 is 19.9 Å². The quantitative estimate of drug-likeness (QED) is 0.758. The molecule has 112 valence electrons. The Morgan fingerprint density at radius 2 is 2.00 bits per heavy atom. The molecular formula is C15H23NO4. The van der Waals surface area contributed by atoms with Crippen molar-refractivity contribution in [3.8, 4) is 11.5 Å². The first kappa shape index (κ1) is 16.3. The van der Waals surface area contributed by atoms with E-state index in [1.807, 2.05) is 25.1 Å². The van der Waals surface area contributed by atoms with Gasteiger partial charge in [-0.1, -0.05) is 13.0 Å². The maximum absolute atomic E-state index is 11.7. The Labute approximate surface area is 119 Å². The number of aliphatic hydroxyl groups excluding tert-OH is 1. The van der Waals surface area contributed by atoms with E-state index < -0.39 is 0 Å². The summed E-state index contributed by atoms with van der Waals surface area (Å²) in [5, 5.41) is 11.8. The molecule has 0 aromatic heterocycles. The van der Waals surface area contributed by atoms with Crippen LogP contribution in [0.1, 0.15) is 25.3 Å². The van der Waals surface area contributed by atoms with Gasteiger partial charge >= 0.3 is 0 Å². The van der Waals surface area contributed by atoms with E-state index in [1.54, 1.807) is 14.2 Å². The van der Waals surface area contributed by atoms with Crippen LogP contribution in [-0.2, 0) is 11.2 Å². The molecule has 5 nitrogen and oxygen atoms in total. The van der Waals surface area contributed by atoms with Gasteiger partial charge in [-0.05, 0) is 30.5 Å². The number of carbonyl (C=O) groups excluding carboxylic acids is 1. The van der Waals surface area contributed by atoms with Crippen molar-refractivity contribution in [3.63, 3.8) is 0 Å². The minimum atomic E-state index is -0.159. The van der Waals surface area contributed by atoms with Gasteiger partial charge in [0.25, 0.3) is 0 Å². The second-order valence-electron chi connectivity index (χ2n) is 4.54. The summed E-state index contributed by atoms with van der Waals surface area (Å²) in [7, 11) is 3.17. The monoisotopic (exact) mass is 281 g/mol. The molecule has 0 saturated heterocycles. The summed E-state index contributed by atoms with van der Waals surface area (Å²) in [6, 6.07) is 5.45. The fourth-order valence-electron chi connectivity index (χ4n) is 1.87. The number of ether oxygens (including phenoxy) is 2. The van der Waals surface area contributed by atoms with Crippen molar-refractivity contribution in [1.29, 1.82) is 0 Å². The fraction of sp³-hybridized carbons (Fsp3) is 0.533. The standard InChI is InChI=1S/C15H23NO4/c1-4-12(10-17)16-15(18)8-6-11-5-7-13(19-2)14(9-11)20-3/h5,7,9,12,17H,4,6,8,10H2,1-3H3,(H,16,18). The summed E-state index contributed by atoms with van der Waals surface area (Å²) >= 11 is 0. The van der Waals surface area contributed by atoms with Crippen LogP contribution in [0.15, 0.2) is 18.2 Å². The van der Waals surface area contributed by atoms with Gasteiger partial charge in [0.15, 0.2) is 11.5 Å². The Hall–Kier alpha value is -1.75. The first-order chi connectivity index (χ1) is 9.64. The average Bonchev–Trinajstić information content (AvgIpc) is 2.50. The van der Waals surface area contributed by atoms with Gasteiger partial charge in [0.05, 0.1) is 26.9 Å². The molecule has 2 N–H and O–H groups in total. The van der Waals surface area contributed by atoms with E-state index in [0.29, 0.717) is 24.3 Å². The predicted octanol–water partition coefficient (Wildman–Crippen LogP) is 1.52. The number of aryl methyl sites for hydroxylation is 1. The molecule has 0 fully saturated rings. The molecule has 1 aromatic carbocycles. The zero-order chi connectivity index (χ0) is 15.0. The number of methoxy groups -OCH3 is 2. The highest BCUT2D eigenvalue weighted by Crippen LogP contribution is 2.27. The smallest absolute Gasteiger partial charge is 0.220 e. The van der Waals surface area contributed by atoms with Gasteiger partial charge in [-0.25, -0.2) is 0 Å². The highest BCUT2D eigenvalue weighted by Gasteiger charge is 2.10. The van der Waals surface area contributed by atoms with Crippen molar-refractivity contribution >= 4 is 5.91 Å². The number of amides is 1. The number of benzene rings is 1. The van der Waals surface area contributed by atoms with Crippen LogP contribution in [0, 0.1) is 0 Å². The van der Waals surface area contributed by atoms with E-state index in [-0.39, 0.29) is 18.6 Å². The van der Waals surface area contributed by atoms with Gasteiger partial charge in [0.2, 0.25) is 5.91 Å². The summed E-state index contributed by atoms with van der Waals surface area (Å²) < 4.78 is 10.4. The lowest BCUT2D eigenvalue weighted by Gasteiger charge is -2.14. The molecule has 0 bridgehead atoms. The van der Waals surface area contributed by atoms with E-state index in [9.17, 15) is 4.79 Å². The molecule has 5 heteroatoms. The maximum Gasteiger partial charge on any atom is 0.220 e. The van der Waals surface area contributed by atoms with Crippen LogP contribution in [0.3, 0.4) is 0 Å². The lowest BCUT2D eigenvalue weighted by Crippen LogP contribution is -2.37. The molecule has 1 amide bonds. The average molecular weight is 281 g/mol.